The van der Waals surface area contributed by atoms with Crippen LogP contribution in [0.15, 0.2) is 51.4 Å². The zero-order valence-corrected chi connectivity index (χ0v) is 13.5. The van der Waals surface area contributed by atoms with Crippen molar-refractivity contribution in [2.24, 2.45) is 0 Å². The summed E-state index contributed by atoms with van der Waals surface area (Å²) < 4.78 is 16.7. The number of thiazole rings is 1. The number of carbonyl (C=O) groups excluding carboxylic acids is 1. The van der Waals surface area contributed by atoms with Gasteiger partial charge in [-0.1, -0.05) is 17.3 Å². The predicted molar refractivity (Wildman–Crippen MR) is 87.7 cm³/mol. The number of hydrogen-bond donors (Lipinski definition) is 0. The minimum Gasteiger partial charge on any atom is -0.453 e. The van der Waals surface area contributed by atoms with E-state index in [2.05, 4.69) is 10.1 Å². The second-order valence-electron chi connectivity index (χ2n) is 5.16. The molecule has 0 bridgehead atoms. The summed E-state index contributed by atoms with van der Waals surface area (Å²) in [6.45, 7) is 1.81. The smallest absolute Gasteiger partial charge is 0.374 e. The van der Waals surface area contributed by atoms with Crippen molar-refractivity contribution in [1.82, 2.24) is 10.1 Å². The van der Waals surface area contributed by atoms with Gasteiger partial charge in [0.15, 0.2) is 10.8 Å². The molecule has 1 aromatic carbocycles. The maximum atomic E-state index is 12.1. The number of hydrogen-bond acceptors (Lipinski definition) is 7. The fourth-order valence-electron chi connectivity index (χ4n) is 2.24. The normalized spacial score (nSPS) is 11.0. The van der Waals surface area contributed by atoms with Crippen LogP contribution in [0.4, 0.5) is 0 Å². The molecule has 0 saturated carbocycles. The van der Waals surface area contributed by atoms with E-state index in [9.17, 15) is 4.79 Å². The number of fused-ring (bicyclic) bond motifs is 1. The van der Waals surface area contributed by atoms with Crippen LogP contribution >= 0.6 is 11.3 Å². The summed E-state index contributed by atoms with van der Waals surface area (Å²) in [4.78, 5) is 16.6. The van der Waals surface area contributed by atoms with Crippen LogP contribution in [0.1, 0.15) is 22.0 Å². The fourth-order valence-corrected chi connectivity index (χ4v) is 3.16. The Morgan fingerprint density at radius 3 is 2.92 bits per heavy atom. The maximum Gasteiger partial charge on any atom is 0.374 e. The summed E-state index contributed by atoms with van der Waals surface area (Å²) in [6.07, 6.45) is 0. The molecule has 7 heteroatoms. The van der Waals surface area contributed by atoms with Crippen molar-refractivity contribution in [1.29, 1.82) is 0 Å². The average Bonchev–Trinajstić information content (AvgIpc) is 3.31. The molecule has 0 saturated heterocycles. The fraction of sp³-hybridized carbons (Fsp3) is 0.118. The summed E-state index contributed by atoms with van der Waals surface area (Å²) in [6, 6.07) is 12.8. The Morgan fingerprint density at radius 2 is 2.12 bits per heavy atom. The van der Waals surface area contributed by atoms with Crippen LogP contribution in [0.3, 0.4) is 0 Å². The van der Waals surface area contributed by atoms with Gasteiger partial charge in [-0.05, 0) is 31.2 Å². The Balaban J connectivity index is 1.50. The van der Waals surface area contributed by atoms with Gasteiger partial charge < -0.3 is 13.7 Å². The van der Waals surface area contributed by atoms with Gasteiger partial charge in [0.2, 0.25) is 5.76 Å². The zero-order valence-electron chi connectivity index (χ0n) is 12.7. The Bertz CT molecular complexity index is 981. The van der Waals surface area contributed by atoms with Crippen LogP contribution in [-0.4, -0.2) is 16.1 Å². The van der Waals surface area contributed by atoms with Gasteiger partial charge in [-0.3, -0.25) is 0 Å². The Morgan fingerprint density at radius 1 is 1.25 bits per heavy atom. The lowest BCUT2D eigenvalue weighted by Gasteiger charge is -1.98. The van der Waals surface area contributed by atoms with Crippen molar-refractivity contribution in [3.8, 4) is 10.8 Å². The number of furan rings is 1. The Labute approximate surface area is 140 Å². The Hall–Kier alpha value is -2.93. The van der Waals surface area contributed by atoms with E-state index < -0.39 is 5.97 Å². The van der Waals surface area contributed by atoms with Gasteiger partial charge in [0.05, 0.1) is 10.2 Å². The highest BCUT2D eigenvalue weighted by Crippen LogP contribution is 2.31. The van der Waals surface area contributed by atoms with Crippen molar-refractivity contribution in [2.45, 2.75) is 13.5 Å². The third kappa shape index (κ3) is 2.81. The summed E-state index contributed by atoms with van der Waals surface area (Å²) in [5.74, 6) is 0.782. The molecule has 0 spiro atoms. The molecule has 0 aliphatic carbocycles. The van der Waals surface area contributed by atoms with Crippen LogP contribution in [0.5, 0.6) is 0 Å². The van der Waals surface area contributed by atoms with Gasteiger partial charge in [-0.2, -0.15) is 0 Å². The standard InChI is InChI=1S/C17H12N2O4S/c1-10-8-11(19-23-10)9-21-17(20)14-7-6-13(22-14)16-18-12-4-2-3-5-15(12)24-16/h2-8H,9H2,1H3. The lowest BCUT2D eigenvalue weighted by atomic mass is 10.3. The number of esters is 1. The molecule has 6 nitrogen and oxygen atoms in total. The summed E-state index contributed by atoms with van der Waals surface area (Å²) in [7, 11) is 0. The first-order valence-corrected chi connectivity index (χ1v) is 8.06. The highest BCUT2D eigenvalue weighted by atomic mass is 32.1. The molecule has 0 aliphatic heterocycles. The second-order valence-corrected chi connectivity index (χ2v) is 6.19. The number of carbonyl (C=O) groups is 1. The van der Waals surface area contributed by atoms with Crippen LogP contribution in [0.25, 0.3) is 21.0 Å². The van der Waals surface area contributed by atoms with E-state index in [-0.39, 0.29) is 12.4 Å². The number of nitrogens with zero attached hydrogens (tertiary/aromatic N) is 2. The summed E-state index contributed by atoms with van der Waals surface area (Å²) in [5.41, 5.74) is 1.46. The molecule has 0 amide bonds. The largest absolute Gasteiger partial charge is 0.453 e. The first kappa shape index (κ1) is 14.6. The van der Waals surface area contributed by atoms with E-state index >= 15 is 0 Å². The van der Waals surface area contributed by atoms with Crippen molar-refractivity contribution >= 4 is 27.5 Å². The van der Waals surface area contributed by atoms with Crippen molar-refractivity contribution in [3.05, 3.63) is 59.7 Å². The second kappa shape index (κ2) is 5.93. The molecular weight excluding hydrogens is 328 g/mol. The monoisotopic (exact) mass is 340 g/mol. The first-order valence-electron chi connectivity index (χ1n) is 7.24. The first-order chi connectivity index (χ1) is 11.7. The minimum atomic E-state index is -0.553. The Kier molecular flexibility index (Phi) is 3.62. The topological polar surface area (TPSA) is 78.4 Å². The van der Waals surface area contributed by atoms with Gasteiger partial charge in [-0.15, -0.1) is 11.3 Å². The lowest BCUT2D eigenvalue weighted by molar-refractivity contribution is 0.0428. The molecule has 0 fully saturated rings. The SMILES string of the molecule is Cc1cc(COC(=O)c2ccc(-c3nc4ccccc4s3)o2)no1. The quantitative estimate of drug-likeness (QED) is 0.518. The van der Waals surface area contributed by atoms with Crippen LogP contribution in [-0.2, 0) is 11.3 Å². The predicted octanol–water partition coefficient (Wildman–Crippen LogP) is 4.21. The molecular formula is C17H12N2O4S. The van der Waals surface area contributed by atoms with E-state index in [1.807, 2.05) is 24.3 Å². The van der Waals surface area contributed by atoms with Gasteiger partial charge in [0, 0.05) is 6.07 Å². The average molecular weight is 340 g/mol. The lowest BCUT2D eigenvalue weighted by Crippen LogP contribution is -2.04. The number of ether oxygens (including phenoxy) is 1. The van der Waals surface area contributed by atoms with Crippen molar-refractivity contribution in [3.63, 3.8) is 0 Å². The van der Waals surface area contributed by atoms with Gasteiger partial charge in [0.25, 0.3) is 0 Å². The van der Waals surface area contributed by atoms with Crippen LogP contribution in [0.2, 0.25) is 0 Å². The van der Waals surface area contributed by atoms with E-state index in [1.165, 1.54) is 11.3 Å². The molecule has 0 N–H and O–H groups in total. The molecule has 0 unspecified atom stereocenters. The van der Waals surface area contributed by atoms with Crippen LogP contribution < -0.4 is 0 Å². The molecule has 0 radical (unpaired) electrons. The van der Waals surface area contributed by atoms with Crippen LogP contribution in [0, 0.1) is 6.92 Å². The molecule has 0 atom stereocenters. The number of rotatable bonds is 4. The third-order valence-electron chi connectivity index (χ3n) is 3.34. The molecule has 4 aromatic rings. The maximum absolute atomic E-state index is 12.1. The molecule has 24 heavy (non-hydrogen) atoms. The third-order valence-corrected chi connectivity index (χ3v) is 4.39. The summed E-state index contributed by atoms with van der Waals surface area (Å²) in [5, 5.41) is 4.49. The molecule has 4 rings (SSSR count). The van der Waals surface area contributed by atoms with Gasteiger partial charge in [0.1, 0.15) is 18.1 Å². The number of aromatic nitrogens is 2. The zero-order chi connectivity index (χ0) is 16.5. The number of aryl methyl sites for hydroxylation is 1. The summed E-state index contributed by atoms with van der Waals surface area (Å²) >= 11 is 1.51. The number of para-hydroxylation sites is 1. The van der Waals surface area contributed by atoms with E-state index in [0.29, 0.717) is 17.2 Å². The minimum absolute atomic E-state index is 0.0351. The van der Waals surface area contributed by atoms with E-state index in [4.69, 9.17) is 13.7 Å². The molecule has 0 aliphatic rings. The van der Waals surface area contributed by atoms with Crippen molar-refractivity contribution < 1.29 is 18.5 Å². The highest BCUT2D eigenvalue weighted by molar-refractivity contribution is 7.21. The van der Waals surface area contributed by atoms with E-state index in [1.54, 1.807) is 25.1 Å². The number of benzene rings is 1. The van der Waals surface area contributed by atoms with E-state index in [0.717, 1.165) is 15.2 Å². The molecule has 3 heterocycles. The highest BCUT2D eigenvalue weighted by Gasteiger charge is 2.16. The van der Waals surface area contributed by atoms with Gasteiger partial charge >= 0.3 is 5.97 Å². The van der Waals surface area contributed by atoms with Crippen molar-refractivity contribution in [2.75, 3.05) is 0 Å². The molecule has 120 valence electrons. The van der Waals surface area contributed by atoms with Gasteiger partial charge in [-0.25, -0.2) is 9.78 Å². The molecule has 3 aromatic heterocycles.